The largest absolute Gasteiger partial charge is 0.296 e. The molecule has 0 saturated carbocycles. The highest BCUT2D eigenvalue weighted by molar-refractivity contribution is 7.19. The molecular weight excluding hydrogens is 397 g/mol. The molecule has 1 amide bonds. The summed E-state index contributed by atoms with van der Waals surface area (Å²) in [5.74, 6) is -0.0177. The Balaban J connectivity index is 1.56. The van der Waals surface area contributed by atoms with Gasteiger partial charge in [-0.3, -0.25) is 14.5 Å². The number of imidazole rings is 1. The molecule has 3 aromatic heterocycles. The number of nitrogens with one attached hydrogen (secondary N) is 1. The van der Waals surface area contributed by atoms with Gasteiger partial charge in [-0.15, -0.1) is 10.2 Å². The second kappa shape index (κ2) is 7.40. The monoisotopic (exact) mass is 415 g/mol. The summed E-state index contributed by atoms with van der Waals surface area (Å²) >= 11 is 2.71. The number of halogens is 1. The molecule has 1 N–H and O–H groups in total. The van der Waals surface area contributed by atoms with Crippen molar-refractivity contribution in [2.45, 2.75) is 27.2 Å². The van der Waals surface area contributed by atoms with Gasteiger partial charge in [-0.05, 0) is 37.1 Å². The van der Waals surface area contributed by atoms with Crippen LogP contribution in [0.3, 0.4) is 0 Å². The van der Waals surface area contributed by atoms with Crippen LogP contribution in [0.25, 0.3) is 16.2 Å². The molecule has 0 radical (unpaired) electrons. The Bertz CT molecular complexity index is 1140. The zero-order valence-corrected chi connectivity index (χ0v) is 17.2. The highest BCUT2D eigenvalue weighted by Crippen LogP contribution is 2.28. The average Bonchev–Trinajstić information content (AvgIpc) is 3.32. The number of carbonyl (C=O) groups is 1. The van der Waals surface area contributed by atoms with Gasteiger partial charge in [-0.2, -0.15) is 0 Å². The van der Waals surface area contributed by atoms with E-state index in [9.17, 15) is 9.18 Å². The zero-order chi connectivity index (χ0) is 19.8. The quantitative estimate of drug-likeness (QED) is 0.508. The lowest BCUT2D eigenvalue weighted by molar-refractivity contribution is 0.102. The molecule has 0 fully saturated rings. The molecule has 0 atom stereocenters. The SMILES string of the molecule is Cc1c(C(=O)Nc2nnc(CC(C)C)s2)sc2nc(-c3ccc(F)cc3)cn12. The topological polar surface area (TPSA) is 72.2 Å². The van der Waals surface area contributed by atoms with Crippen LogP contribution in [0.5, 0.6) is 0 Å². The van der Waals surface area contributed by atoms with Crippen LogP contribution < -0.4 is 5.32 Å². The van der Waals surface area contributed by atoms with E-state index >= 15 is 0 Å². The van der Waals surface area contributed by atoms with Gasteiger partial charge in [-0.1, -0.05) is 36.5 Å². The van der Waals surface area contributed by atoms with E-state index in [0.717, 1.165) is 28.4 Å². The van der Waals surface area contributed by atoms with Gasteiger partial charge in [0, 0.05) is 23.9 Å². The molecule has 4 rings (SSSR count). The molecule has 144 valence electrons. The Morgan fingerprint density at radius 3 is 2.64 bits per heavy atom. The highest BCUT2D eigenvalue weighted by Gasteiger charge is 2.19. The van der Waals surface area contributed by atoms with Crippen molar-refractivity contribution in [3.8, 4) is 11.3 Å². The van der Waals surface area contributed by atoms with Crippen molar-refractivity contribution < 1.29 is 9.18 Å². The van der Waals surface area contributed by atoms with Crippen molar-refractivity contribution in [3.05, 3.63) is 51.9 Å². The number of amides is 1. The summed E-state index contributed by atoms with van der Waals surface area (Å²) in [6, 6.07) is 6.19. The summed E-state index contributed by atoms with van der Waals surface area (Å²) in [6.07, 6.45) is 2.70. The smallest absolute Gasteiger partial charge is 0.269 e. The fourth-order valence-electron chi connectivity index (χ4n) is 2.81. The molecule has 6 nitrogen and oxygen atoms in total. The minimum Gasteiger partial charge on any atom is -0.296 e. The number of hydrogen-bond acceptors (Lipinski definition) is 6. The first-order chi connectivity index (χ1) is 13.4. The van der Waals surface area contributed by atoms with Crippen molar-refractivity contribution in [2.75, 3.05) is 5.32 Å². The van der Waals surface area contributed by atoms with Crippen LogP contribution >= 0.6 is 22.7 Å². The molecule has 9 heteroatoms. The van der Waals surface area contributed by atoms with Gasteiger partial charge in [0.15, 0.2) is 4.96 Å². The van der Waals surface area contributed by atoms with Crippen molar-refractivity contribution in [3.63, 3.8) is 0 Å². The first-order valence-corrected chi connectivity index (χ1v) is 10.4. The van der Waals surface area contributed by atoms with E-state index in [2.05, 4.69) is 34.3 Å². The third-order valence-corrected chi connectivity index (χ3v) is 6.19. The number of carbonyl (C=O) groups excluding carboxylic acids is 1. The predicted molar refractivity (Wildman–Crippen MR) is 110 cm³/mol. The summed E-state index contributed by atoms with van der Waals surface area (Å²) in [5, 5.41) is 12.4. The van der Waals surface area contributed by atoms with Crippen LogP contribution in [0.2, 0.25) is 0 Å². The number of thiazole rings is 1. The number of aryl methyl sites for hydroxylation is 1. The van der Waals surface area contributed by atoms with Crippen molar-refractivity contribution in [1.29, 1.82) is 0 Å². The second-order valence-electron chi connectivity index (χ2n) is 6.86. The van der Waals surface area contributed by atoms with E-state index in [0.29, 0.717) is 20.9 Å². The number of hydrogen-bond donors (Lipinski definition) is 1. The molecule has 4 aromatic rings. The van der Waals surface area contributed by atoms with Gasteiger partial charge >= 0.3 is 0 Å². The molecule has 0 bridgehead atoms. The van der Waals surface area contributed by atoms with Gasteiger partial charge in [0.25, 0.3) is 5.91 Å². The van der Waals surface area contributed by atoms with Crippen LogP contribution in [0.1, 0.15) is 34.2 Å². The minimum atomic E-state index is -0.284. The number of nitrogens with zero attached hydrogens (tertiary/aromatic N) is 4. The van der Waals surface area contributed by atoms with Gasteiger partial charge in [0.2, 0.25) is 5.13 Å². The van der Waals surface area contributed by atoms with Crippen LogP contribution in [0.4, 0.5) is 9.52 Å². The predicted octanol–water partition coefficient (Wildman–Crippen LogP) is 4.81. The van der Waals surface area contributed by atoms with Crippen LogP contribution in [0.15, 0.2) is 30.5 Å². The van der Waals surface area contributed by atoms with Gasteiger partial charge in [-0.25, -0.2) is 9.37 Å². The summed E-state index contributed by atoms with van der Waals surface area (Å²) in [5.41, 5.74) is 2.36. The third kappa shape index (κ3) is 3.67. The molecule has 0 unspecified atom stereocenters. The van der Waals surface area contributed by atoms with E-state index in [-0.39, 0.29) is 11.7 Å². The summed E-state index contributed by atoms with van der Waals surface area (Å²) < 4.78 is 15.0. The minimum absolute atomic E-state index is 0.219. The van der Waals surface area contributed by atoms with Gasteiger partial charge < -0.3 is 0 Å². The lowest BCUT2D eigenvalue weighted by Crippen LogP contribution is -2.11. The Morgan fingerprint density at radius 1 is 1.21 bits per heavy atom. The Morgan fingerprint density at radius 2 is 1.96 bits per heavy atom. The van der Waals surface area contributed by atoms with E-state index in [1.807, 2.05) is 17.5 Å². The molecule has 28 heavy (non-hydrogen) atoms. The maximum absolute atomic E-state index is 13.1. The second-order valence-corrected chi connectivity index (χ2v) is 8.89. The Labute approximate surface area is 169 Å². The number of fused-ring (bicyclic) bond motifs is 1. The van der Waals surface area contributed by atoms with E-state index in [4.69, 9.17) is 0 Å². The molecule has 0 aliphatic rings. The summed E-state index contributed by atoms with van der Waals surface area (Å²) in [6.45, 7) is 6.11. The highest BCUT2D eigenvalue weighted by atomic mass is 32.1. The average molecular weight is 416 g/mol. The van der Waals surface area contributed by atoms with Gasteiger partial charge in [0.1, 0.15) is 15.7 Å². The fourth-order valence-corrected chi connectivity index (χ4v) is 4.76. The first kappa shape index (κ1) is 18.7. The molecule has 0 aliphatic carbocycles. The molecular formula is C19H18FN5OS2. The standard InChI is InChI=1S/C19H18FN5OS2/c1-10(2)8-15-23-24-18(27-15)22-17(26)16-11(3)25-9-14(21-19(25)28-16)12-4-6-13(20)7-5-12/h4-7,9-10H,8H2,1-3H3,(H,22,24,26). The molecule has 0 spiro atoms. The van der Waals surface area contributed by atoms with Crippen LogP contribution in [0, 0.1) is 18.7 Å². The summed E-state index contributed by atoms with van der Waals surface area (Å²) in [4.78, 5) is 18.5. The lowest BCUT2D eigenvalue weighted by atomic mass is 10.1. The van der Waals surface area contributed by atoms with E-state index in [1.165, 1.54) is 34.8 Å². The van der Waals surface area contributed by atoms with E-state index < -0.39 is 0 Å². The van der Waals surface area contributed by atoms with Crippen molar-refractivity contribution >= 4 is 38.7 Å². The van der Waals surface area contributed by atoms with E-state index in [1.54, 1.807) is 12.1 Å². The number of benzene rings is 1. The van der Waals surface area contributed by atoms with Crippen LogP contribution in [-0.4, -0.2) is 25.5 Å². The molecule has 0 aliphatic heterocycles. The first-order valence-electron chi connectivity index (χ1n) is 8.79. The Hall–Kier alpha value is -2.65. The number of aromatic nitrogens is 4. The molecule has 3 heterocycles. The van der Waals surface area contributed by atoms with Crippen LogP contribution in [-0.2, 0) is 6.42 Å². The fraction of sp³-hybridized carbons (Fsp3) is 0.263. The zero-order valence-electron chi connectivity index (χ0n) is 15.6. The maximum Gasteiger partial charge on any atom is 0.269 e. The summed E-state index contributed by atoms with van der Waals surface area (Å²) in [7, 11) is 0. The lowest BCUT2D eigenvalue weighted by Gasteiger charge is -2.00. The van der Waals surface area contributed by atoms with Crippen molar-refractivity contribution in [2.24, 2.45) is 5.92 Å². The normalized spacial score (nSPS) is 11.5. The van der Waals surface area contributed by atoms with Gasteiger partial charge in [0.05, 0.1) is 5.69 Å². The third-order valence-electron chi connectivity index (χ3n) is 4.17. The number of rotatable bonds is 5. The number of anilines is 1. The van der Waals surface area contributed by atoms with Crippen molar-refractivity contribution in [1.82, 2.24) is 19.6 Å². The molecule has 1 aromatic carbocycles. The Kier molecular flexibility index (Phi) is 4.94. The maximum atomic E-state index is 13.1. The molecule has 0 saturated heterocycles.